The molecule has 3 rings (SSSR count). The van der Waals surface area contributed by atoms with Crippen molar-refractivity contribution in [2.24, 2.45) is 17.8 Å². The van der Waals surface area contributed by atoms with Crippen LogP contribution in [0.5, 0.6) is 0 Å². The van der Waals surface area contributed by atoms with Crippen LogP contribution in [0.4, 0.5) is 11.5 Å². The predicted molar refractivity (Wildman–Crippen MR) is 68.5 cm³/mol. The summed E-state index contributed by atoms with van der Waals surface area (Å²) in [5.41, 5.74) is -0.0714. The van der Waals surface area contributed by atoms with Gasteiger partial charge in [0.15, 0.2) is 0 Å². The molecule has 6 nitrogen and oxygen atoms in total. The summed E-state index contributed by atoms with van der Waals surface area (Å²) < 4.78 is 0. The fraction of sp³-hybridized carbons (Fsp3) is 0.538. The monoisotopic (exact) mass is 261 g/mol. The van der Waals surface area contributed by atoms with Crippen molar-refractivity contribution in [3.8, 4) is 0 Å². The van der Waals surface area contributed by atoms with Crippen molar-refractivity contribution in [2.45, 2.75) is 25.7 Å². The van der Waals surface area contributed by atoms with Gasteiger partial charge in [-0.1, -0.05) is 6.42 Å². The molecule has 3 atom stereocenters. The van der Waals surface area contributed by atoms with Crippen molar-refractivity contribution in [3.05, 3.63) is 28.4 Å². The third-order valence-electron chi connectivity index (χ3n) is 4.28. The zero-order chi connectivity index (χ0) is 13.4. The third-order valence-corrected chi connectivity index (χ3v) is 4.28. The number of nitrogens with zero attached hydrogens (tertiary/aromatic N) is 2. The van der Waals surface area contributed by atoms with Gasteiger partial charge in [0.05, 0.1) is 4.92 Å². The van der Waals surface area contributed by atoms with E-state index >= 15 is 0 Å². The molecule has 1 aromatic rings. The topological polar surface area (TPSA) is 85.1 Å². The highest BCUT2D eigenvalue weighted by molar-refractivity contribution is 5.92. The van der Waals surface area contributed by atoms with E-state index in [0.29, 0.717) is 17.7 Å². The summed E-state index contributed by atoms with van der Waals surface area (Å²) in [6.45, 7) is 0. The smallest absolute Gasteiger partial charge is 0.287 e. The normalized spacial score (nSPS) is 28.3. The second-order valence-corrected chi connectivity index (χ2v) is 5.43. The molecule has 0 spiro atoms. The molecule has 19 heavy (non-hydrogen) atoms. The average Bonchev–Trinajstić information content (AvgIpc) is 3.01. The van der Waals surface area contributed by atoms with Crippen LogP contribution in [0.25, 0.3) is 0 Å². The largest absolute Gasteiger partial charge is 0.310 e. The van der Waals surface area contributed by atoms with Crippen molar-refractivity contribution in [3.63, 3.8) is 0 Å². The second-order valence-electron chi connectivity index (χ2n) is 5.43. The van der Waals surface area contributed by atoms with E-state index in [0.717, 1.165) is 19.0 Å². The van der Waals surface area contributed by atoms with Crippen LogP contribution in [-0.2, 0) is 4.79 Å². The fourth-order valence-electron chi connectivity index (χ4n) is 3.35. The number of hydrogen-bond acceptors (Lipinski definition) is 4. The molecule has 0 radical (unpaired) electrons. The maximum Gasteiger partial charge on any atom is 0.287 e. The average molecular weight is 261 g/mol. The minimum Gasteiger partial charge on any atom is -0.310 e. The predicted octanol–water partition coefficient (Wildman–Crippen LogP) is 2.36. The number of rotatable bonds is 3. The van der Waals surface area contributed by atoms with Gasteiger partial charge in [0, 0.05) is 12.0 Å². The van der Waals surface area contributed by atoms with Gasteiger partial charge < -0.3 is 5.32 Å². The number of carbonyl (C=O) groups excluding carboxylic acids is 1. The van der Waals surface area contributed by atoms with Crippen LogP contribution in [0.2, 0.25) is 0 Å². The summed E-state index contributed by atoms with van der Waals surface area (Å²) in [5.74, 6) is 1.72. The fourth-order valence-corrected chi connectivity index (χ4v) is 3.35. The van der Waals surface area contributed by atoms with Crippen LogP contribution in [0, 0.1) is 27.9 Å². The molecular weight excluding hydrogens is 246 g/mol. The van der Waals surface area contributed by atoms with E-state index < -0.39 is 4.92 Å². The number of carbonyl (C=O) groups is 1. The Morgan fingerprint density at radius 2 is 2.21 bits per heavy atom. The lowest BCUT2D eigenvalue weighted by Crippen LogP contribution is -2.27. The van der Waals surface area contributed by atoms with Gasteiger partial charge in [-0.05, 0) is 37.2 Å². The summed E-state index contributed by atoms with van der Waals surface area (Å²) in [7, 11) is 0. The first kappa shape index (κ1) is 12.1. The lowest BCUT2D eigenvalue weighted by Gasteiger charge is -2.20. The van der Waals surface area contributed by atoms with E-state index in [1.165, 1.54) is 25.0 Å². The molecule has 6 heteroatoms. The zero-order valence-electron chi connectivity index (χ0n) is 10.4. The Bertz CT molecular complexity index is 514. The van der Waals surface area contributed by atoms with E-state index in [1.54, 1.807) is 0 Å². The van der Waals surface area contributed by atoms with Gasteiger partial charge in [-0.3, -0.25) is 14.9 Å². The quantitative estimate of drug-likeness (QED) is 0.668. The van der Waals surface area contributed by atoms with Gasteiger partial charge in [-0.25, -0.2) is 4.98 Å². The van der Waals surface area contributed by atoms with Gasteiger partial charge in [0.2, 0.25) is 5.91 Å². The van der Waals surface area contributed by atoms with Gasteiger partial charge in [0.1, 0.15) is 12.0 Å². The number of hydrogen-bond donors (Lipinski definition) is 1. The van der Waals surface area contributed by atoms with E-state index in [1.807, 2.05) is 0 Å². The van der Waals surface area contributed by atoms with Crippen molar-refractivity contribution < 1.29 is 9.72 Å². The zero-order valence-corrected chi connectivity index (χ0v) is 10.4. The summed E-state index contributed by atoms with van der Waals surface area (Å²) in [4.78, 5) is 26.0. The number of fused-ring (bicyclic) bond motifs is 2. The van der Waals surface area contributed by atoms with Crippen molar-refractivity contribution in [1.29, 1.82) is 0 Å². The number of amides is 1. The molecule has 0 unspecified atom stereocenters. The van der Waals surface area contributed by atoms with E-state index in [2.05, 4.69) is 10.3 Å². The molecule has 2 fully saturated rings. The highest BCUT2D eigenvalue weighted by Crippen LogP contribution is 2.48. The second kappa shape index (κ2) is 4.60. The van der Waals surface area contributed by atoms with Crippen LogP contribution in [0.15, 0.2) is 18.3 Å². The van der Waals surface area contributed by atoms with E-state index in [-0.39, 0.29) is 17.5 Å². The number of nitro groups is 1. The molecule has 100 valence electrons. The number of pyridine rings is 1. The molecule has 0 aliphatic heterocycles. The van der Waals surface area contributed by atoms with Crippen molar-refractivity contribution in [1.82, 2.24) is 4.98 Å². The number of anilines is 1. The summed E-state index contributed by atoms with van der Waals surface area (Å²) in [6, 6.07) is 2.83. The molecule has 1 amide bonds. The minimum absolute atomic E-state index is 0.00792. The van der Waals surface area contributed by atoms with Gasteiger partial charge in [-0.2, -0.15) is 0 Å². The lowest BCUT2D eigenvalue weighted by molar-refractivity contribution is -0.385. The SMILES string of the molecule is O=C(Nc1ccc([N+](=O)[O-])cn1)[C@@H]1C[C@H]2CC[C@H]1C2. The lowest BCUT2D eigenvalue weighted by atomic mass is 9.88. The van der Waals surface area contributed by atoms with Crippen molar-refractivity contribution in [2.75, 3.05) is 5.32 Å². The first-order valence-corrected chi connectivity index (χ1v) is 6.55. The molecule has 2 aliphatic rings. The summed E-state index contributed by atoms with van der Waals surface area (Å²) in [5, 5.41) is 13.3. The molecule has 1 aromatic heterocycles. The molecule has 1 heterocycles. The summed E-state index contributed by atoms with van der Waals surface area (Å²) >= 11 is 0. The highest BCUT2D eigenvalue weighted by Gasteiger charge is 2.43. The Labute approximate surface area is 110 Å². The molecule has 2 saturated carbocycles. The van der Waals surface area contributed by atoms with Crippen LogP contribution >= 0.6 is 0 Å². The Morgan fingerprint density at radius 1 is 1.37 bits per heavy atom. The summed E-state index contributed by atoms with van der Waals surface area (Å²) in [6.07, 6.45) is 5.71. The third kappa shape index (κ3) is 2.30. The Balaban J connectivity index is 1.64. The van der Waals surface area contributed by atoms with Crippen LogP contribution in [-0.4, -0.2) is 15.8 Å². The minimum atomic E-state index is -0.505. The van der Waals surface area contributed by atoms with Crippen molar-refractivity contribution >= 4 is 17.4 Å². The molecule has 0 aromatic carbocycles. The van der Waals surface area contributed by atoms with Gasteiger partial charge in [0.25, 0.3) is 5.69 Å². The molecular formula is C13H15N3O3. The Hall–Kier alpha value is -1.98. The Kier molecular flexibility index (Phi) is 2.93. The number of nitrogens with one attached hydrogen (secondary N) is 1. The van der Waals surface area contributed by atoms with Crippen LogP contribution in [0.1, 0.15) is 25.7 Å². The maximum absolute atomic E-state index is 12.1. The molecule has 2 bridgehead atoms. The molecule has 2 aliphatic carbocycles. The molecule has 0 saturated heterocycles. The van der Waals surface area contributed by atoms with E-state index in [9.17, 15) is 14.9 Å². The standard InChI is InChI=1S/C13H15N3O3/c17-13(11-6-8-1-2-9(11)5-8)15-12-4-3-10(7-14-12)16(18)19/h3-4,7-9,11H,1-2,5-6H2,(H,14,15,17)/t8-,9-,11+/m0/s1. The first-order chi connectivity index (χ1) is 9.13. The Morgan fingerprint density at radius 3 is 2.74 bits per heavy atom. The van der Waals surface area contributed by atoms with Gasteiger partial charge >= 0.3 is 0 Å². The number of aromatic nitrogens is 1. The molecule has 1 N–H and O–H groups in total. The van der Waals surface area contributed by atoms with Crippen LogP contribution in [0.3, 0.4) is 0 Å². The van der Waals surface area contributed by atoms with E-state index in [4.69, 9.17) is 0 Å². The van der Waals surface area contributed by atoms with Gasteiger partial charge in [-0.15, -0.1) is 0 Å². The highest BCUT2D eigenvalue weighted by atomic mass is 16.6. The van der Waals surface area contributed by atoms with Crippen LogP contribution < -0.4 is 5.32 Å². The maximum atomic E-state index is 12.1. The first-order valence-electron chi connectivity index (χ1n) is 6.55.